The highest BCUT2D eigenvalue weighted by molar-refractivity contribution is 6.30. The summed E-state index contributed by atoms with van der Waals surface area (Å²) in [6.45, 7) is 15.0. The summed E-state index contributed by atoms with van der Waals surface area (Å²) in [6.07, 6.45) is 1.53. The molecule has 4 rings (SSSR count). The number of dihydropyridines is 1. The third kappa shape index (κ3) is 7.68. The predicted molar refractivity (Wildman–Crippen MR) is 167 cm³/mol. The van der Waals surface area contributed by atoms with Crippen molar-refractivity contribution in [1.29, 1.82) is 0 Å². The van der Waals surface area contributed by atoms with Gasteiger partial charge in [0, 0.05) is 35.9 Å². The van der Waals surface area contributed by atoms with Crippen LogP contribution in [-0.2, 0) is 9.53 Å². The van der Waals surface area contributed by atoms with Crippen molar-refractivity contribution in [2.24, 2.45) is 10.4 Å². The van der Waals surface area contributed by atoms with Gasteiger partial charge in [0.2, 0.25) is 17.7 Å². The normalized spacial score (nSPS) is 21.3. The second kappa shape index (κ2) is 12.8. The number of aromatic nitrogens is 1. The lowest BCUT2D eigenvalue weighted by molar-refractivity contribution is -0.170. The second-order valence-electron chi connectivity index (χ2n) is 13.0. The zero-order valence-electron chi connectivity index (χ0n) is 26.2. The van der Waals surface area contributed by atoms with E-state index in [1.54, 1.807) is 46.0 Å². The molecular weight excluding hydrogens is 573 g/mol. The first-order chi connectivity index (χ1) is 20.1. The van der Waals surface area contributed by atoms with Crippen LogP contribution in [0.1, 0.15) is 65.5 Å². The number of aliphatic imine (C=N–C) groups is 1. The zero-order chi connectivity index (χ0) is 31.6. The number of likely N-dealkylation sites (tertiary alicyclic amines) is 1. The van der Waals surface area contributed by atoms with Crippen molar-refractivity contribution in [2.75, 3.05) is 32.8 Å². The standard InChI is InChI=1S/C33H43ClFN3O5/c1-21-18-24(34)9-10-26(21)41-16-17-42-27-11-8-23(19-37-27)25-20-36-22(2)33(35,29(30(39)40)43-31(3,4)5)28(25)38-14-12-32(6,7)13-15-38/h8-11,18-19,29H,12-17,20H2,1-7H3,(H,39,40)/t29-,33?/m0/s1. The number of hydrogen-bond acceptors (Lipinski definition) is 7. The van der Waals surface area contributed by atoms with Gasteiger partial charge in [-0.25, -0.2) is 14.2 Å². The van der Waals surface area contributed by atoms with Gasteiger partial charge in [-0.3, -0.25) is 4.99 Å². The summed E-state index contributed by atoms with van der Waals surface area (Å²) in [5, 5.41) is 10.9. The van der Waals surface area contributed by atoms with Crippen LogP contribution < -0.4 is 9.47 Å². The number of hydrogen-bond donors (Lipinski definition) is 1. The molecule has 0 amide bonds. The van der Waals surface area contributed by atoms with Crippen molar-refractivity contribution >= 4 is 28.9 Å². The smallest absolute Gasteiger partial charge is 0.337 e. The van der Waals surface area contributed by atoms with Gasteiger partial charge < -0.3 is 24.2 Å². The van der Waals surface area contributed by atoms with E-state index in [9.17, 15) is 9.90 Å². The van der Waals surface area contributed by atoms with Crippen molar-refractivity contribution in [3.63, 3.8) is 0 Å². The minimum Gasteiger partial charge on any atom is -0.490 e. The molecular formula is C33H43ClFN3O5. The Morgan fingerprint density at radius 2 is 1.79 bits per heavy atom. The number of alkyl halides is 1. The predicted octanol–water partition coefficient (Wildman–Crippen LogP) is 6.79. The minimum absolute atomic E-state index is 0.0940. The van der Waals surface area contributed by atoms with Crippen LogP contribution in [0.5, 0.6) is 11.6 Å². The lowest BCUT2D eigenvalue weighted by Crippen LogP contribution is -2.59. The molecule has 43 heavy (non-hydrogen) atoms. The fourth-order valence-electron chi connectivity index (χ4n) is 5.45. The molecule has 1 fully saturated rings. The van der Waals surface area contributed by atoms with Gasteiger partial charge in [0.05, 0.1) is 23.6 Å². The van der Waals surface area contributed by atoms with E-state index in [4.69, 9.17) is 25.8 Å². The topological polar surface area (TPSA) is 93.5 Å². The number of ether oxygens (including phenoxy) is 3. The number of pyridine rings is 1. The number of halogens is 2. The summed E-state index contributed by atoms with van der Waals surface area (Å²) in [5.74, 6) is -0.251. The van der Waals surface area contributed by atoms with E-state index in [1.807, 2.05) is 30.0 Å². The van der Waals surface area contributed by atoms with Crippen molar-refractivity contribution in [3.8, 4) is 11.6 Å². The quantitative estimate of drug-likeness (QED) is 0.294. The van der Waals surface area contributed by atoms with E-state index >= 15 is 4.39 Å². The van der Waals surface area contributed by atoms with E-state index in [2.05, 4.69) is 23.8 Å². The molecule has 0 radical (unpaired) electrons. The first-order valence-electron chi connectivity index (χ1n) is 14.7. The highest BCUT2D eigenvalue weighted by Gasteiger charge is 2.56. The summed E-state index contributed by atoms with van der Waals surface area (Å²) >= 11 is 6.01. The molecule has 1 aromatic heterocycles. The van der Waals surface area contributed by atoms with Gasteiger partial charge >= 0.3 is 5.97 Å². The molecule has 1 saturated heterocycles. The summed E-state index contributed by atoms with van der Waals surface area (Å²) in [6, 6.07) is 8.96. The van der Waals surface area contributed by atoms with Crippen LogP contribution in [0, 0.1) is 12.3 Å². The highest BCUT2D eigenvalue weighted by Crippen LogP contribution is 2.44. The molecule has 1 unspecified atom stereocenters. The number of nitrogens with zero attached hydrogens (tertiary/aromatic N) is 3. The molecule has 1 aromatic carbocycles. The Balaban J connectivity index is 1.62. The summed E-state index contributed by atoms with van der Waals surface area (Å²) in [7, 11) is 0. The van der Waals surface area contributed by atoms with Crippen LogP contribution in [-0.4, -0.2) is 76.9 Å². The summed E-state index contributed by atoms with van der Waals surface area (Å²) in [4.78, 5) is 23.5. The maximum absolute atomic E-state index is 17.7. The number of piperidine rings is 1. The zero-order valence-corrected chi connectivity index (χ0v) is 26.9. The van der Waals surface area contributed by atoms with Gasteiger partial charge in [0.1, 0.15) is 19.0 Å². The molecule has 2 aromatic rings. The molecule has 1 N–H and O–H groups in total. The Kier molecular flexibility index (Phi) is 9.76. The number of aliphatic carboxylic acids is 1. The second-order valence-corrected chi connectivity index (χ2v) is 13.5. The van der Waals surface area contributed by atoms with E-state index < -0.39 is 23.3 Å². The third-order valence-electron chi connectivity index (χ3n) is 7.93. The maximum atomic E-state index is 17.7. The first-order valence-corrected chi connectivity index (χ1v) is 15.1. The molecule has 234 valence electrons. The van der Waals surface area contributed by atoms with E-state index in [1.165, 1.54) is 0 Å². The lowest BCUT2D eigenvalue weighted by Gasteiger charge is -2.47. The van der Waals surface area contributed by atoms with Gasteiger partial charge in [0.25, 0.3) is 0 Å². The molecule has 10 heteroatoms. The summed E-state index contributed by atoms with van der Waals surface area (Å²) in [5.41, 5.74) is -0.685. The SMILES string of the molecule is CC1=NCC(c2ccc(OCCOc3ccc(Cl)cc3C)nc2)=C(N2CCC(C)(C)CC2)C1(F)[C@@H](OC(C)(C)C)C(=O)O. The van der Waals surface area contributed by atoms with E-state index in [0.29, 0.717) is 47.4 Å². The molecule has 2 aliphatic rings. The molecule has 8 nitrogen and oxygen atoms in total. The van der Waals surface area contributed by atoms with Crippen molar-refractivity contribution < 1.29 is 28.5 Å². The van der Waals surface area contributed by atoms with Crippen LogP contribution in [0.4, 0.5) is 4.39 Å². The average Bonchev–Trinajstić information content (AvgIpc) is 2.92. The number of carboxylic acid groups (broad SMARTS) is 1. The Morgan fingerprint density at radius 3 is 2.37 bits per heavy atom. The molecule has 0 spiro atoms. The van der Waals surface area contributed by atoms with Crippen LogP contribution in [0.3, 0.4) is 0 Å². The Labute approximate surface area is 258 Å². The van der Waals surface area contributed by atoms with Crippen LogP contribution in [0.15, 0.2) is 47.2 Å². The summed E-state index contributed by atoms with van der Waals surface area (Å²) < 4.78 is 35.2. The number of aryl methyl sites for hydroxylation is 1. The molecule has 2 atom stereocenters. The van der Waals surface area contributed by atoms with Crippen LogP contribution in [0.25, 0.3) is 5.57 Å². The monoisotopic (exact) mass is 615 g/mol. The van der Waals surface area contributed by atoms with Gasteiger partial charge in [-0.15, -0.1) is 0 Å². The van der Waals surface area contributed by atoms with Crippen molar-refractivity contribution in [1.82, 2.24) is 9.88 Å². The van der Waals surface area contributed by atoms with Crippen molar-refractivity contribution in [3.05, 3.63) is 58.4 Å². The van der Waals surface area contributed by atoms with E-state index in [-0.39, 0.29) is 24.3 Å². The molecule has 0 bridgehead atoms. The van der Waals surface area contributed by atoms with Crippen molar-refractivity contribution in [2.45, 2.75) is 78.7 Å². The minimum atomic E-state index is -2.47. The molecule has 3 heterocycles. The lowest BCUT2D eigenvalue weighted by atomic mass is 9.78. The Bertz CT molecular complexity index is 1380. The molecule has 2 aliphatic heterocycles. The maximum Gasteiger partial charge on any atom is 0.337 e. The van der Waals surface area contributed by atoms with Gasteiger partial charge in [-0.1, -0.05) is 25.4 Å². The van der Waals surface area contributed by atoms with E-state index in [0.717, 1.165) is 24.2 Å². The fraction of sp³-hybridized carbons (Fsp3) is 0.545. The van der Waals surface area contributed by atoms with Crippen LogP contribution in [0.2, 0.25) is 5.02 Å². The Morgan fingerprint density at radius 1 is 1.12 bits per heavy atom. The van der Waals surface area contributed by atoms with Gasteiger partial charge in [-0.05, 0) is 88.3 Å². The molecule has 0 saturated carbocycles. The Hall–Kier alpha value is -3.17. The number of carboxylic acids is 1. The van der Waals surface area contributed by atoms with Gasteiger partial charge in [0.15, 0.2) is 0 Å². The average molecular weight is 616 g/mol. The number of benzene rings is 1. The fourth-order valence-corrected chi connectivity index (χ4v) is 5.68. The van der Waals surface area contributed by atoms with Crippen LogP contribution >= 0.6 is 11.6 Å². The number of carbonyl (C=O) groups is 1. The number of rotatable bonds is 10. The largest absolute Gasteiger partial charge is 0.490 e. The van der Waals surface area contributed by atoms with Gasteiger partial charge in [-0.2, -0.15) is 0 Å². The first kappa shape index (κ1) is 32.7. The highest BCUT2D eigenvalue weighted by atomic mass is 35.5. The third-order valence-corrected chi connectivity index (χ3v) is 8.17. The molecule has 0 aliphatic carbocycles.